The summed E-state index contributed by atoms with van der Waals surface area (Å²) in [7, 11) is 1.42. The fourth-order valence-corrected chi connectivity index (χ4v) is 2.29. The molecule has 0 saturated carbocycles. The van der Waals surface area contributed by atoms with Crippen LogP contribution < -0.4 is 5.32 Å². The van der Waals surface area contributed by atoms with Crippen LogP contribution in [0.25, 0.3) is 0 Å². The van der Waals surface area contributed by atoms with E-state index in [0.29, 0.717) is 6.54 Å². The quantitative estimate of drug-likeness (QED) is 0.796. The second-order valence-electron chi connectivity index (χ2n) is 5.08. The summed E-state index contributed by atoms with van der Waals surface area (Å²) in [5.74, 6) is 0.415. The van der Waals surface area contributed by atoms with Crippen molar-refractivity contribution in [2.45, 2.75) is 25.3 Å². The smallest absolute Gasteiger partial charge is 0.314 e. The third kappa shape index (κ3) is 4.46. The van der Waals surface area contributed by atoms with Gasteiger partial charge >= 0.3 is 5.97 Å². The average molecular weight is 287 g/mol. The molecular formula is C17H21NO3. The molecule has 21 heavy (non-hydrogen) atoms. The number of furan rings is 1. The van der Waals surface area contributed by atoms with Gasteiger partial charge in [-0.2, -0.15) is 0 Å². The second-order valence-corrected chi connectivity index (χ2v) is 5.08. The molecule has 2 atom stereocenters. The van der Waals surface area contributed by atoms with E-state index in [4.69, 9.17) is 9.15 Å². The lowest BCUT2D eigenvalue weighted by Gasteiger charge is -2.19. The Bertz CT molecular complexity index is 536. The minimum atomic E-state index is -0.296. The molecule has 0 saturated heterocycles. The Morgan fingerprint density at radius 2 is 2.00 bits per heavy atom. The highest BCUT2D eigenvalue weighted by Crippen LogP contribution is 2.16. The molecule has 1 aromatic heterocycles. The Balaban J connectivity index is 1.94. The van der Waals surface area contributed by atoms with Crippen LogP contribution in [-0.4, -0.2) is 25.7 Å². The standard InChI is InChI=1S/C17H21NO3/c1-13(11-15-9-6-10-21-15)18-12-16(17(19)20-2)14-7-4-3-5-8-14/h3-10,13,16,18H,11-12H2,1-2H3. The number of carbonyl (C=O) groups is 1. The van der Waals surface area contributed by atoms with Crippen molar-refractivity contribution in [1.29, 1.82) is 0 Å². The molecule has 112 valence electrons. The Morgan fingerprint density at radius 3 is 2.62 bits per heavy atom. The van der Waals surface area contributed by atoms with Gasteiger partial charge in [0.15, 0.2) is 0 Å². The van der Waals surface area contributed by atoms with Crippen molar-refractivity contribution in [3.05, 3.63) is 60.1 Å². The van der Waals surface area contributed by atoms with Crippen molar-refractivity contribution in [1.82, 2.24) is 5.32 Å². The van der Waals surface area contributed by atoms with Gasteiger partial charge in [0.25, 0.3) is 0 Å². The van der Waals surface area contributed by atoms with Crippen LogP contribution in [0.2, 0.25) is 0 Å². The predicted octanol–water partition coefficient (Wildman–Crippen LogP) is 2.76. The fourth-order valence-electron chi connectivity index (χ4n) is 2.29. The highest BCUT2D eigenvalue weighted by Gasteiger charge is 2.21. The SMILES string of the molecule is COC(=O)C(CNC(C)Cc1ccco1)c1ccccc1. The summed E-state index contributed by atoms with van der Waals surface area (Å²) in [4.78, 5) is 12.0. The lowest BCUT2D eigenvalue weighted by molar-refractivity contribution is -0.142. The second kappa shape index (κ2) is 7.64. The van der Waals surface area contributed by atoms with E-state index in [2.05, 4.69) is 12.2 Å². The molecular weight excluding hydrogens is 266 g/mol. The van der Waals surface area contributed by atoms with Crippen LogP contribution in [0.1, 0.15) is 24.2 Å². The monoisotopic (exact) mass is 287 g/mol. The summed E-state index contributed by atoms with van der Waals surface area (Å²) in [5, 5.41) is 3.37. The molecule has 2 aromatic rings. The van der Waals surface area contributed by atoms with E-state index < -0.39 is 0 Å². The number of nitrogens with one attached hydrogen (secondary N) is 1. The minimum Gasteiger partial charge on any atom is -0.469 e. The molecule has 0 spiro atoms. The van der Waals surface area contributed by atoms with E-state index in [-0.39, 0.29) is 17.9 Å². The van der Waals surface area contributed by atoms with Crippen LogP contribution in [0.4, 0.5) is 0 Å². The van der Waals surface area contributed by atoms with Gasteiger partial charge in [-0.15, -0.1) is 0 Å². The minimum absolute atomic E-state index is 0.215. The lowest BCUT2D eigenvalue weighted by Crippen LogP contribution is -2.34. The van der Waals surface area contributed by atoms with Gasteiger partial charge in [-0.3, -0.25) is 4.79 Å². The van der Waals surface area contributed by atoms with Gasteiger partial charge in [-0.1, -0.05) is 30.3 Å². The van der Waals surface area contributed by atoms with Crippen LogP contribution in [0.15, 0.2) is 53.1 Å². The van der Waals surface area contributed by atoms with Gasteiger partial charge in [-0.05, 0) is 24.6 Å². The number of methoxy groups -OCH3 is 1. The number of carbonyl (C=O) groups excluding carboxylic acids is 1. The van der Waals surface area contributed by atoms with Gasteiger partial charge in [0.1, 0.15) is 5.76 Å². The van der Waals surface area contributed by atoms with Crippen molar-refractivity contribution in [3.8, 4) is 0 Å². The van der Waals surface area contributed by atoms with E-state index in [1.54, 1.807) is 6.26 Å². The van der Waals surface area contributed by atoms with Crippen molar-refractivity contribution in [2.75, 3.05) is 13.7 Å². The van der Waals surface area contributed by atoms with E-state index in [1.807, 2.05) is 42.5 Å². The van der Waals surface area contributed by atoms with Gasteiger partial charge in [0, 0.05) is 19.0 Å². The summed E-state index contributed by atoms with van der Waals surface area (Å²) in [6, 6.07) is 13.7. The molecule has 4 heteroatoms. The maximum absolute atomic E-state index is 12.0. The van der Waals surface area contributed by atoms with Crippen LogP contribution in [0.5, 0.6) is 0 Å². The first-order valence-corrected chi connectivity index (χ1v) is 7.09. The van der Waals surface area contributed by atoms with Gasteiger partial charge in [0.05, 0.1) is 19.3 Å². The van der Waals surface area contributed by atoms with Crippen LogP contribution >= 0.6 is 0 Å². The largest absolute Gasteiger partial charge is 0.469 e. The van der Waals surface area contributed by atoms with Crippen molar-refractivity contribution in [3.63, 3.8) is 0 Å². The first kappa shape index (κ1) is 15.3. The summed E-state index contributed by atoms with van der Waals surface area (Å²) in [6.45, 7) is 2.61. The Morgan fingerprint density at radius 1 is 1.24 bits per heavy atom. The maximum Gasteiger partial charge on any atom is 0.314 e. The average Bonchev–Trinajstić information content (AvgIpc) is 3.01. The zero-order valence-corrected chi connectivity index (χ0v) is 12.4. The molecule has 0 radical (unpaired) electrons. The zero-order valence-electron chi connectivity index (χ0n) is 12.4. The normalized spacial score (nSPS) is 13.6. The fraction of sp³-hybridized carbons (Fsp3) is 0.353. The van der Waals surface area contributed by atoms with Crippen molar-refractivity contribution < 1.29 is 13.9 Å². The lowest BCUT2D eigenvalue weighted by atomic mass is 9.98. The molecule has 0 aliphatic heterocycles. The van der Waals surface area contributed by atoms with Crippen LogP contribution in [-0.2, 0) is 16.0 Å². The third-order valence-corrected chi connectivity index (χ3v) is 3.45. The molecule has 0 aliphatic carbocycles. The van der Waals surface area contributed by atoms with Gasteiger partial charge in [0.2, 0.25) is 0 Å². The van der Waals surface area contributed by atoms with E-state index in [9.17, 15) is 4.79 Å². The van der Waals surface area contributed by atoms with Crippen molar-refractivity contribution >= 4 is 5.97 Å². The Labute approximate surface area is 125 Å². The molecule has 4 nitrogen and oxygen atoms in total. The predicted molar refractivity (Wildman–Crippen MR) is 81.1 cm³/mol. The number of rotatable bonds is 7. The molecule has 1 N–H and O–H groups in total. The van der Waals surface area contributed by atoms with Crippen LogP contribution in [0, 0.1) is 0 Å². The summed E-state index contributed by atoms with van der Waals surface area (Å²) >= 11 is 0. The number of benzene rings is 1. The molecule has 2 unspecified atom stereocenters. The Kier molecular flexibility index (Phi) is 5.58. The van der Waals surface area contributed by atoms with Gasteiger partial charge in [-0.25, -0.2) is 0 Å². The zero-order chi connectivity index (χ0) is 15.1. The van der Waals surface area contributed by atoms with Crippen molar-refractivity contribution in [2.24, 2.45) is 0 Å². The molecule has 0 amide bonds. The summed E-state index contributed by atoms with van der Waals surface area (Å²) < 4.78 is 10.2. The molecule has 0 fully saturated rings. The molecule has 1 heterocycles. The van der Waals surface area contributed by atoms with E-state index in [1.165, 1.54) is 7.11 Å². The molecule has 0 bridgehead atoms. The van der Waals surface area contributed by atoms with E-state index in [0.717, 1.165) is 17.7 Å². The number of ether oxygens (including phenoxy) is 1. The van der Waals surface area contributed by atoms with Gasteiger partial charge < -0.3 is 14.5 Å². The Hall–Kier alpha value is -2.07. The maximum atomic E-state index is 12.0. The summed E-state index contributed by atoms with van der Waals surface area (Å²) in [5.41, 5.74) is 0.960. The number of hydrogen-bond acceptors (Lipinski definition) is 4. The first-order chi connectivity index (χ1) is 10.2. The molecule has 2 rings (SSSR count). The molecule has 0 aliphatic rings. The third-order valence-electron chi connectivity index (χ3n) is 3.45. The number of hydrogen-bond donors (Lipinski definition) is 1. The first-order valence-electron chi connectivity index (χ1n) is 7.09. The highest BCUT2D eigenvalue weighted by atomic mass is 16.5. The molecule has 1 aromatic carbocycles. The topological polar surface area (TPSA) is 51.5 Å². The van der Waals surface area contributed by atoms with Crippen LogP contribution in [0.3, 0.4) is 0 Å². The number of esters is 1. The summed E-state index contributed by atoms with van der Waals surface area (Å²) in [6.07, 6.45) is 2.46. The van der Waals surface area contributed by atoms with E-state index >= 15 is 0 Å². The highest BCUT2D eigenvalue weighted by molar-refractivity contribution is 5.78.